The summed E-state index contributed by atoms with van der Waals surface area (Å²) in [5.74, 6) is 1.59. The Hall–Kier alpha value is -4.16. The Labute approximate surface area is 198 Å². The fraction of sp³-hybridized carbons (Fsp3) is 0.208. The van der Waals surface area contributed by atoms with Gasteiger partial charge in [0.1, 0.15) is 5.82 Å². The fourth-order valence-electron chi connectivity index (χ4n) is 4.73. The van der Waals surface area contributed by atoms with E-state index < -0.39 is 0 Å². The highest BCUT2D eigenvalue weighted by Crippen LogP contribution is 2.46. The zero-order valence-electron chi connectivity index (χ0n) is 18.2. The normalized spacial score (nSPS) is 17.6. The van der Waals surface area contributed by atoms with Crippen molar-refractivity contribution in [2.75, 3.05) is 0 Å². The van der Waals surface area contributed by atoms with Gasteiger partial charge in [0.15, 0.2) is 5.82 Å². The molecule has 10 heteroatoms. The number of fused-ring (bicyclic) bond motifs is 1. The standard InChI is InChI=1S/C24H19ClN8O/c1-31-13-16(12-27-31)23-30-29-22(33(23)20-5-3-2-4-18(20)25)15-9-17(10-15)32-21-7-6-14(11-26)8-19(21)28-24(32)34/h2-8,12-13,15,17H,9-10H2,1H3,(H,28,34)/t15-,17-. The Morgan fingerprint density at radius 2 is 2.00 bits per heavy atom. The molecule has 1 aliphatic carbocycles. The maximum atomic E-state index is 12.7. The molecule has 0 amide bonds. The van der Waals surface area contributed by atoms with Crippen molar-refractivity contribution in [2.24, 2.45) is 7.05 Å². The predicted octanol–water partition coefficient (Wildman–Crippen LogP) is 3.95. The van der Waals surface area contributed by atoms with E-state index in [1.807, 2.05) is 48.1 Å². The van der Waals surface area contributed by atoms with Crippen LogP contribution in [0.3, 0.4) is 0 Å². The van der Waals surface area contributed by atoms with Crippen LogP contribution in [0.15, 0.2) is 59.7 Å². The summed E-state index contributed by atoms with van der Waals surface area (Å²) in [4.78, 5) is 15.6. The summed E-state index contributed by atoms with van der Waals surface area (Å²) in [5, 5.41) is 23.1. The molecule has 2 aromatic carbocycles. The van der Waals surface area contributed by atoms with E-state index in [1.165, 1.54) is 0 Å². The van der Waals surface area contributed by atoms with Crippen LogP contribution in [0, 0.1) is 11.3 Å². The second-order valence-electron chi connectivity index (χ2n) is 8.54. The number of rotatable bonds is 4. The number of nitrogens with one attached hydrogen (secondary N) is 1. The number of aromatic nitrogens is 7. The number of aromatic amines is 1. The number of para-hydroxylation sites is 1. The number of hydrogen-bond donors (Lipinski definition) is 1. The first-order chi connectivity index (χ1) is 16.5. The molecular weight excluding hydrogens is 452 g/mol. The van der Waals surface area contributed by atoms with Crippen LogP contribution < -0.4 is 5.69 Å². The molecule has 5 aromatic rings. The maximum absolute atomic E-state index is 12.7. The molecule has 0 unspecified atom stereocenters. The van der Waals surface area contributed by atoms with E-state index in [0.717, 1.165) is 35.4 Å². The van der Waals surface area contributed by atoms with Gasteiger partial charge in [-0.05, 0) is 43.2 Å². The van der Waals surface area contributed by atoms with Gasteiger partial charge in [0.25, 0.3) is 0 Å². The van der Waals surface area contributed by atoms with Gasteiger partial charge in [-0.15, -0.1) is 10.2 Å². The van der Waals surface area contributed by atoms with E-state index in [9.17, 15) is 4.79 Å². The van der Waals surface area contributed by atoms with Crippen molar-refractivity contribution in [3.05, 3.63) is 81.8 Å². The number of nitriles is 1. The lowest BCUT2D eigenvalue weighted by Crippen LogP contribution is -2.32. The molecule has 1 saturated carbocycles. The van der Waals surface area contributed by atoms with Crippen LogP contribution >= 0.6 is 11.6 Å². The van der Waals surface area contributed by atoms with Crippen molar-refractivity contribution in [1.29, 1.82) is 5.26 Å². The van der Waals surface area contributed by atoms with Crippen molar-refractivity contribution in [3.8, 4) is 23.1 Å². The SMILES string of the molecule is Cn1cc(-c2nnc([C@H]3C[C@H](n4c(=O)[nH]c5cc(C#N)ccc54)C3)n2-c2ccccc2Cl)cn1. The third-order valence-electron chi connectivity index (χ3n) is 6.43. The molecule has 0 bridgehead atoms. The van der Waals surface area contributed by atoms with Crippen molar-refractivity contribution in [3.63, 3.8) is 0 Å². The van der Waals surface area contributed by atoms with Gasteiger partial charge in [0, 0.05) is 25.2 Å². The molecular formula is C24H19ClN8O. The molecule has 0 aliphatic heterocycles. The van der Waals surface area contributed by atoms with Gasteiger partial charge in [-0.2, -0.15) is 10.4 Å². The number of nitrogens with zero attached hydrogens (tertiary/aromatic N) is 7. The van der Waals surface area contributed by atoms with E-state index in [4.69, 9.17) is 16.9 Å². The van der Waals surface area contributed by atoms with Gasteiger partial charge in [0.05, 0.1) is 45.1 Å². The third-order valence-corrected chi connectivity index (χ3v) is 6.75. The van der Waals surface area contributed by atoms with Gasteiger partial charge >= 0.3 is 5.69 Å². The summed E-state index contributed by atoms with van der Waals surface area (Å²) in [6, 6.07) is 15.0. The summed E-state index contributed by atoms with van der Waals surface area (Å²) in [5.41, 5.74) is 3.47. The molecule has 0 atom stereocenters. The highest BCUT2D eigenvalue weighted by Gasteiger charge is 2.38. The molecule has 9 nitrogen and oxygen atoms in total. The Bertz CT molecular complexity index is 1640. The number of halogens is 1. The second-order valence-corrected chi connectivity index (χ2v) is 8.94. The first-order valence-corrected chi connectivity index (χ1v) is 11.2. The predicted molar refractivity (Wildman–Crippen MR) is 127 cm³/mol. The Kier molecular flexibility index (Phi) is 4.64. The third kappa shape index (κ3) is 3.15. The molecule has 0 saturated heterocycles. The van der Waals surface area contributed by atoms with E-state index in [0.29, 0.717) is 21.9 Å². The number of H-pyrrole nitrogens is 1. The molecule has 3 heterocycles. The number of aryl methyl sites for hydroxylation is 1. The van der Waals surface area contributed by atoms with Gasteiger partial charge in [0.2, 0.25) is 0 Å². The molecule has 3 aromatic heterocycles. The molecule has 6 rings (SSSR count). The summed E-state index contributed by atoms with van der Waals surface area (Å²) in [6.07, 6.45) is 5.13. The minimum absolute atomic E-state index is 0.0254. The van der Waals surface area contributed by atoms with Crippen LogP contribution in [0.4, 0.5) is 0 Å². The highest BCUT2D eigenvalue weighted by atomic mass is 35.5. The van der Waals surface area contributed by atoms with Crippen molar-refractivity contribution < 1.29 is 0 Å². The summed E-state index contributed by atoms with van der Waals surface area (Å²) in [7, 11) is 1.86. The Morgan fingerprint density at radius 3 is 2.74 bits per heavy atom. The van der Waals surface area contributed by atoms with Crippen molar-refractivity contribution in [1.82, 2.24) is 34.1 Å². The van der Waals surface area contributed by atoms with Crippen LogP contribution in [-0.2, 0) is 7.05 Å². The first-order valence-electron chi connectivity index (χ1n) is 10.9. The van der Waals surface area contributed by atoms with E-state index in [-0.39, 0.29) is 17.6 Å². The van der Waals surface area contributed by atoms with Gasteiger partial charge < -0.3 is 4.98 Å². The molecule has 1 fully saturated rings. The fourth-order valence-corrected chi connectivity index (χ4v) is 4.95. The number of benzene rings is 2. The number of hydrogen-bond acceptors (Lipinski definition) is 5. The van der Waals surface area contributed by atoms with Gasteiger partial charge in [-0.25, -0.2) is 4.79 Å². The van der Waals surface area contributed by atoms with Crippen molar-refractivity contribution in [2.45, 2.75) is 24.8 Å². The van der Waals surface area contributed by atoms with E-state index in [2.05, 4.69) is 26.3 Å². The average molecular weight is 471 g/mol. The Morgan fingerprint density at radius 1 is 1.18 bits per heavy atom. The van der Waals surface area contributed by atoms with Crippen LogP contribution in [-0.4, -0.2) is 34.1 Å². The monoisotopic (exact) mass is 470 g/mol. The van der Waals surface area contributed by atoms with Crippen LogP contribution in [0.1, 0.15) is 36.2 Å². The average Bonchev–Trinajstić information content (AvgIpc) is 3.50. The second kappa shape index (κ2) is 7.71. The maximum Gasteiger partial charge on any atom is 0.326 e. The molecule has 0 radical (unpaired) electrons. The molecule has 1 aliphatic rings. The lowest BCUT2D eigenvalue weighted by Gasteiger charge is -2.35. The quantitative estimate of drug-likeness (QED) is 0.427. The van der Waals surface area contributed by atoms with E-state index >= 15 is 0 Å². The number of imidazole rings is 1. The topological polar surface area (TPSA) is 110 Å². The zero-order chi connectivity index (χ0) is 23.4. The molecule has 168 valence electrons. The van der Waals surface area contributed by atoms with Crippen LogP contribution in [0.5, 0.6) is 0 Å². The van der Waals surface area contributed by atoms with Crippen LogP contribution in [0.25, 0.3) is 28.1 Å². The Balaban J connectivity index is 1.38. The molecule has 0 spiro atoms. The zero-order valence-corrected chi connectivity index (χ0v) is 18.9. The molecule has 1 N–H and O–H groups in total. The smallest absolute Gasteiger partial charge is 0.305 e. The van der Waals surface area contributed by atoms with Crippen molar-refractivity contribution >= 4 is 22.6 Å². The summed E-state index contributed by atoms with van der Waals surface area (Å²) >= 11 is 6.57. The van der Waals surface area contributed by atoms with Gasteiger partial charge in [-0.3, -0.25) is 13.8 Å². The lowest BCUT2D eigenvalue weighted by atomic mass is 9.79. The summed E-state index contributed by atoms with van der Waals surface area (Å²) < 4.78 is 5.50. The van der Waals surface area contributed by atoms with E-state index in [1.54, 1.807) is 27.6 Å². The minimum atomic E-state index is -0.169. The minimum Gasteiger partial charge on any atom is -0.305 e. The summed E-state index contributed by atoms with van der Waals surface area (Å²) in [6.45, 7) is 0. The van der Waals surface area contributed by atoms with Gasteiger partial charge in [-0.1, -0.05) is 23.7 Å². The first kappa shape index (κ1) is 20.4. The molecule has 34 heavy (non-hydrogen) atoms. The highest BCUT2D eigenvalue weighted by molar-refractivity contribution is 6.32. The van der Waals surface area contributed by atoms with Crippen LogP contribution in [0.2, 0.25) is 5.02 Å². The lowest BCUT2D eigenvalue weighted by molar-refractivity contribution is 0.254. The largest absolute Gasteiger partial charge is 0.326 e.